The fourth-order valence-electron chi connectivity index (χ4n) is 1.67. The second-order valence-electron chi connectivity index (χ2n) is 4.24. The lowest BCUT2D eigenvalue weighted by molar-refractivity contribution is -0.128. The molecule has 88 valence electrons. The van der Waals surface area contributed by atoms with Crippen LogP contribution in [0.25, 0.3) is 0 Å². The fraction of sp³-hybridized carbons (Fsp3) is 0.700. The molecule has 16 heavy (non-hydrogen) atoms. The number of amides is 2. The van der Waals surface area contributed by atoms with Gasteiger partial charge in [0, 0.05) is 25.2 Å². The van der Waals surface area contributed by atoms with Crippen LogP contribution in [-0.4, -0.2) is 40.9 Å². The molecule has 2 rings (SSSR count). The van der Waals surface area contributed by atoms with Gasteiger partial charge in [-0.25, -0.2) is 9.80 Å². The van der Waals surface area contributed by atoms with Crippen molar-refractivity contribution in [1.82, 2.24) is 10.3 Å². The zero-order chi connectivity index (χ0) is 11.5. The SMILES string of the molecule is O=C(O)NCCC1=NN(CC2CC2)C(=O)C1. The van der Waals surface area contributed by atoms with Crippen molar-refractivity contribution in [1.29, 1.82) is 0 Å². The Labute approximate surface area is 93.3 Å². The molecule has 6 nitrogen and oxygen atoms in total. The first-order chi connectivity index (χ1) is 7.65. The van der Waals surface area contributed by atoms with E-state index in [1.54, 1.807) is 0 Å². The van der Waals surface area contributed by atoms with Gasteiger partial charge in [-0.1, -0.05) is 0 Å². The van der Waals surface area contributed by atoms with Crippen molar-refractivity contribution in [3.63, 3.8) is 0 Å². The van der Waals surface area contributed by atoms with E-state index in [1.807, 2.05) is 0 Å². The highest BCUT2D eigenvalue weighted by atomic mass is 16.4. The Balaban J connectivity index is 1.76. The van der Waals surface area contributed by atoms with Gasteiger partial charge < -0.3 is 10.4 Å². The molecule has 0 unspecified atom stereocenters. The molecule has 1 aliphatic carbocycles. The number of carboxylic acid groups (broad SMARTS) is 1. The summed E-state index contributed by atoms with van der Waals surface area (Å²) in [5, 5.41) is 16.4. The first-order valence-corrected chi connectivity index (χ1v) is 5.48. The smallest absolute Gasteiger partial charge is 0.404 e. The van der Waals surface area contributed by atoms with Crippen LogP contribution in [0.4, 0.5) is 4.79 Å². The molecule has 2 N–H and O–H groups in total. The van der Waals surface area contributed by atoms with Crippen LogP contribution in [0, 0.1) is 5.92 Å². The molecular weight excluding hydrogens is 210 g/mol. The molecule has 0 aromatic rings. The van der Waals surface area contributed by atoms with Crippen LogP contribution in [0.1, 0.15) is 25.7 Å². The molecule has 0 aromatic carbocycles. The summed E-state index contributed by atoms with van der Waals surface area (Å²) in [5.41, 5.74) is 0.777. The minimum Gasteiger partial charge on any atom is -0.465 e. The maximum Gasteiger partial charge on any atom is 0.404 e. The van der Waals surface area contributed by atoms with Gasteiger partial charge in [0.2, 0.25) is 5.91 Å². The van der Waals surface area contributed by atoms with Crippen molar-refractivity contribution >= 4 is 17.7 Å². The van der Waals surface area contributed by atoms with E-state index in [9.17, 15) is 9.59 Å². The van der Waals surface area contributed by atoms with Gasteiger partial charge in [0.05, 0.1) is 6.42 Å². The molecule has 1 aliphatic heterocycles. The molecule has 0 radical (unpaired) electrons. The highest BCUT2D eigenvalue weighted by Gasteiger charge is 2.30. The number of hydrogen-bond donors (Lipinski definition) is 2. The topological polar surface area (TPSA) is 82.0 Å². The molecule has 2 amide bonds. The first kappa shape index (κ1) is 10.9. The van der Waals surface area contributed by atoms with Gasteiger partial charge in [-0.3, -0.25) is 4.79 Å². The number of nitrogens with one attached hydrogen (secondary N) is 1. The Bertz CT molecular complexity index is 336. The van der Waals surface area contributed by atoms with E-state index in [0.717, 1.165) is 12.3 Å². The zero-order valence-electron chi connectivity index (χ0n) is 8.98. The highest BCUT2D eigenvalue weighted by molar-refractivity contribution is 6.05. The van der Waals surface area contributed by atoms with Gasteiger partial charge in [-0.2, -0.15) is 5.10 Å². The highest BCUT2D eigenvalue weighted by Crippen LogP contribution is 2.30. The standard InChI is InChI=1S/C10H15N3O3/c14-9-5-8(3-4-11-10(15)16)12-13(9)6-7-1-2-7/h7,11H,1-6H2,(H,15,16). The van der Waals surface area contributed by atoms with Crippen molar-refractivity contribution in [2.45, 2.75) is 25.7 Å². The minimum atomic E-state index is -1.04. The number of carbonyl (C=O) groups excluding carboxylic acids is 1. The zero-order valence-corrected chi connectivity index (χ0v) is 8.98. The van der Waals surface area contributed by atoms with Crippen LogP contribution < -0.4 is 5.32 Å². The van der Waals surface area contributed by atoms with Crippen molar-refractivity contribution < 1.29 is 14.7 Å². The number of hydrazone groups is 1. The van der Waals surface area contributed by atoms with Gasteiger partial charge in [-0.15, -0.1) is 0 Å². The van der Waals surface area contributed by atoms with Crippen LogP contribution in [0.2, 0.25) is 0 Å². The molecule has 6 heteroatoms. The van der Waals surface area contributed by atoms with E-state index in [0.29, 0.717) is 25.3 Å². The maximum atomic E-state index is 11.5. The molecule has 0 saturated heterocycles. The molecule has 1 saturated carbocycles. The lowest BCUT2D eigenvalue weighted by Crippen LogP contribution is -2.23. The maximum absolute atomic E-state index is 11.5. The van der Waals surface area contributed by atoms with E-state index < -0.39 is 6.09 Å². The summed E-state index contributed by atoms with van der Waals surface area (Å²) in [4.78, 5) is 21.7. The van der Waals surface area contributed by atoms with Crippen molar-refractivity contribution in [3.05, 3.63) is 0 Å². The predicted octanol–water partition coefficient (Wildman–Crippen LogP) is 0.642. The van der Waals surface area contributed by atoms with E-state index >= 15 is 0 Å². The summed E-state index contributed by atoms with van der Waals surface area (Å²) < 4.78 is 0. The first-order valence-electron chi connectivity index (χ1n) is 5.48. The third-order valence-corrected chi connectivity index (χ3v) is 2.72. The van der Waals surface area contributed by atoms with E-state index in [2.05, 4.69) is 10.4 Å². The number of carbonyl (C=O) groups is 2. The Morgan fingerprint density at radius 3 is 2.94 bits per heavy atom. The van der Waals surface area contributed by atoms with E-state index in [-0.39, 0.29) is 5.91 Å². The van der Waals surface area contributed by atoms with Gasteiger partial charge >= 0.3 is 6.09 Å². The summed E-state index contributed by atoms with van der Waals surface area (Å²) in [6.45, 7) is 1.05. The summed E-state index contributed by atoms with van der Waals surface area (Å²) in [7, 11) is 0. The molecule has 0 bridgehead atoms. The Hall–Kier alpha value is -1.59. The van der Waals surface area contributed by atoms with Crippen LogP contribution in [0.15, 0.2) is 5.10 Å². The molecule has 1 fully saturated rings. The molecule has 0 aromatic heterocycles. The van der Waals surface area contributed by atoms with Crippen LogP contribution in [0.5, 0.6) is 0 Å². The Morgan fingerprint density at radius 1 is 1.56 bits per heavy atom. The minimum absolute atomic E-state index is 0.0391. The molecular formula is C10H15N3O3. The van der Waals surface area contributed by atoms with Crippen molar-refractivity contribution in [2.24, 2.45) is 11.0 Å². The van der Waals surface area contributed by atoms with Gasteiger partial charge in [0.25, 0.3) is 0 Å². The largest absolute Gasteiger partial charge is 0.465 e. The third kappa shape index (κ3) is 2.95. The van der Waals surface area contributed by atoms with E-state index in [4.69, 9.17) is 5.11 Å². The quantitative estimate of drug-likeness (QED) is 0.720. The lowest BCUT2D eigenvalue weighted by Gasteiger charge is -2.09. The molecule has 0 atom stereocenters. The summed E-state index contributed by atoms with van der Waals surface area (Å²) in [6.07, 6.45) is 2.19. The second kappa shape index (κ2) is 4.51. The number of hydrogen-bond acceptors (Lipinski definition) is 3. The summed E-state index contributed by atoms with van der Waals surface area (Å²) in [5.74, 6) is 0.668. The average Bonchev–Trinajstić information content (AvgIpc) is 2.93. The van der Waals surface area contributed by atoms with Gasteiger partial charge in [0.1, 0.15) is 0 Å². The average molecular weight is 225 g/mol. The van der Waals surface area contributed by atoms with Crippen molar-refractivity contribution in [2.75, 3.05) is 13.1 Å². The van der Waals surface area contributed by atoms with Gasteiger partial charge in [0.15, 0.2) is 0 Å². The number of rotatable bonds is 5. The van der Waals surface area contributed by atoms with E-state index in [1.165, 1.54) is 17.9 Å². The van der Waals surface area contributed by atoms with Crippen molar-refractivity contribution in [3.8, 4) is 0 Å². The monoisotopic (exact) mass is 225 g/mol. The lowest BCUT2D eigenvalue weighted by atomic mass is 10.2. The second-order valence-corrected chi connectivity index (χ2v) is 4.24. The normalized spacial score (nSPS) is 19.9. The molecule has 0 spiro atoms. The summed E-state index contributed by atoms with van der Waals surface area (Å²) >= 11 is 0. The van der Waals surface area contributed by atoms with Crippen LogP contribution >= 0.6 is 0 Å². The molecule has 2 aliphatic rings. The fourth-order valence-corrected chi connectivity index (χ4v) is 1.67. The number of nitrogens with zero attached hydrogens (tertiary/aromatic N) is 2. The summed E-state index contributed by atoms with van der Waals surface area (Å²) in [6, 6.07) is 0. The molecule has 1 heterocycles. The third-order valence-electron chi connectivity index (χ3n) is 2.72. The van der Waals surface area contributed by atoms with Gasteiger partial charge in [-0.05, 0) is 18.8 Å². The van der Waals surface area contributed by atoms with Crippen LogP contribution in [0.3, 0.4) is 0 Å². The Kier molecular flexibility index (Phi) is 3.07. The van der Waals surface area contributed by atoms with Crippen LogP contribution in [-0.2, 0) is 4.79 Å². The Morgan fingerprint density at radius 2 is 2.31 bits per heavy atom. The predicted molar refractivity (Wildman–Crippen MR) is 57.1 cm³/mol.